The molecule has 0 fully saturated rings. The molecule has 5 aromatic heterocycles. The Morgan fingerprint density at radius 2 is 0.755 bits per heavy atom. The minimum atomic E-state index is 0.823. The van der Waals surface area contributed by atoms with Crippen LogP contribution < -0.4 is 0 Å². The summed E-state index contributed by atoms with van der Waals surface area (Å²) in [4.78, 5) is 0. The maximum atomic E-state index is 5.23. The lowest BCUT2D eigenvalue weighted by Gasteiger charge is -2.14. The Morgan fingerprint density at radius 3 is 1.40 bits per heavy atom. The van der Waals surface area contributed by atoms with E-state index in [9.17, 15) is 0 Å². The Hall–Kier alpha value is -7.24. The molecule has 0 atom stereocenters. The van der Waals surface area contributed by atoms with Gasteiger partial charge in [0, 0.05) is 59.2 Å². The zero-order chi connectivity index (χ0) is 34.4. The van der Waals surface area contributed by atoms with Gasteiger partial charge < -0.3 is 4.40 Å². The first-order chi connectivity index (χ1) is 26.3. The zero-order valence-electron chi connectivity index (χ0n) is 28.3. The lowest BCUT2D eigenvalue weighted by atomic mass is 10.0. The first-order valence-electron chi connectivity index (χ1n) is 18.1. The van der Waals surface area contributed by atoms with Crippen LogP contribution in [0.2, 0.25) is 0 Å². The van der Waals surface area contributed by atoms with Crippen LogP contribution in [0.15, 0.2) is 164 Å². The summed E-state index contributed by atoms with van der Waals surface area (Å²) in [5.74, 6) is 1.65. The van der Waals surface area contributed by atoms with Crippen LogP contribution in [0.1, 0.15) is 0 Å². The van der Waals surface area contributed by atoms with Crippen LogP contribution in [0.25, 0.3) is 115 Å². The average molecular weight is 674 g/mol. The van der Waals surface area contributed by atoms with Crippen molar-refractivity contribution in [3.05, 3.63) is 164 Å². The van der Waals surface area contributed by atoms with Gasteiger partial charge >= 0.3 is 0 Å². The molecule has 8 aromatic carbocycles. The van der Waals surface area contributed by atoms with Gasteiger partial charge in [-0.15, -0.1) is 10.2 Å². The summed E-state index contributed by atoms with van der Waals surface area (Å²) < 4.78 is 7.17. The molecule has 0 unspecified atom stereocenters. The van der Waals surface area contributed by atoms with Gasteiger partial charge in [-0.25, -0.2) is 0 Å². The zero-order valence-corrected chi connectivity index (χ0v) is 28.3. The minimum absolute atomic E-state index is 0.823. The second-order valence-corrected chi connectivity index (χ2v) is 14.2. The van der Waals surface area contributed by atoms with Crippen LogP contribution in [0.4, 0.5) is 0 Å². The van der Waals surface area contributed by atoms with Crippen LogP contribution in [0.5, 0.6) is 0 Å². The fraction of sp³-hybridized carbons (Fsp3) is 0. The quantitative estimate of drug-likeness (QED) is 0.183. The molecule has 244 valence electrons. The Kier molecular flexibility index (Phi) is 5.06. The van der Waals surface area contributed by atoms with Crippen molar-refractivity contribution in [1.29, 1.82) is 0 Å². The van der Waals surface area contributed by atoms with Crippen LogP contribution in [-0.2, 0) is 0 Å². The van der Waals surface area contributed by atoms with Crippen molar-refractivity contribution in [3.63, 3.8) is 0 Å². The number of hydrogen-bond donors (Lipinski definition) is 0. The van der Waals surface area contributed by atoms with E-state index in [4.69, 9.17) is 10.2 Å². The molecule has 0 spiro atoms. The summed E-state index contributed by atoms with van der Waals surface area (Å²) >= 11 is 0. The number of aromatic nitrogens is 5. The summed E-state index contributed by atoms with van der Waals surface area (Å²) in [6.45, 7) is 0. The molecule has 13 aromatic rings. The van der Waals surface area contributed by atoms with Crippen LogP contribution in [0.3, 0.4) is 0 Å². The molecular formula is C48H27N5. The highest BCUT2D eigenvalue weighted by Gasteiger charge is 2.27. The summed E-state index contributed by atoms with van der Waals surface area (Å²) in [5.41, 5.74) is 8.21. The maximum Gasteiger partial charge on any atom is 0.168 e. The first-order valence-corrected chi connectivity index (χ1v) is 18.1. The van der Waals surface area contributed by atoms with Crippen LogP contribution >= 0.6 is 0 Å². The van der Waals surface area contributed by atoms with E-state index in [2.05, 4.69) is 177 Å². The highest BCUT2D eigenvalue weighted by Crippen LogP contribution is 2.48. The molecule has 0 aliphatic rings. The predicted octanol–water partition coefficient (Wildman–Crippen LogP) is 12.1. The Labute approximate surface area is 301 Å². The van der Waals surface area contributed by atoms with Gasteiger partial charge in [0.1, 0.15) is 0 Å². The summed E-state index contributed by atoms with van der Waals surface area (Å²) in [7, 11) is 0. The number of hydrogen-bond acceptors (Lipinski definition) is 2. The van der Waals surface area contributed by atoms with E-state index in [0.29, 0.717) is 0 Å². The number of para-hydroxylation sites is 4. The minimum Gasteiger partial charge on any atom is -0.307 e. The largest absolute Gasteiger partial charge is 0.307 e. The van der Waals surface area contributed by atoms with Crippen molar-refractivity contribution in [2.45, 2.75) is 0 Å². The van der Waals surface area contributed by atoms with Gasteiger partial charge in [0.15, 0.2) is 11.6 Å². The fourth-order valence-electron chi connectivity index (χ4n) is 9.53. The maximum absolute atomic E-state index is 5.23. The SMILES string of the molecule is c1ccc2c(c1)ccc1c3c4c(cc5c6ccccc6n(c21)c53)c1ccccc1n4-c1nnc(-n2c3ccccc3c3ccccc32)c2ccccc12. The highest BCUT2D eigenvalue weighted by atomic mass is 15.3. The van der Waals surface area contributed by atoms with Crippen LogP contribution in [-0.4, -0.2) is 23.7 Å². The molecule has 53 heavy (non-hydrogen) atoms. The number of benzene rings is 8. The van der Waals surface area contributed by atoms with Gasteiger partial charge in [0.2, 0.25) is 0 Å². The standard InChI is InChI=1S/C48H27N5/c1-2-14-29-28(13-1)25-26-36-43-45-37(32-17-7-11-23-41(32)52(45)44(29)36)27-38-33-18-8-12-24-42(33)53(46(38)43)48-35-20-4-3-19-34(35)47(49-50-48)51-39-21-9-5-15-30(39)31-16-6-10-22-40(31)51/h1-27H. The third kappa shape index (κ3) is 3.33. The Bertz CT molecular complexity index is 3640. The van der Waals surface area contributed by atoms with Gasteiger partial charge in [0.05, 0.1) is 38.6 Å². The molecule has 0 saturated heterocycles. The lowest BCUT2D eigenvalue weighted by molar-refractivity contribution is 0.930. The van der Waals surface area contributed by atoms with Gasteiger partial charge in [-0.3, -0.25) is 9.13 Å². The van der Waals surface area contributed by atoms with Gasteiger partial charge in [-0.05, 0) is 35.7 Å². The van der Waals surface area contributed by atoms with Gasteiger partial charge in [0.25, 0.3) is 0 Å². The molecule has 0 aliphatic carbocycles. The van der Waals surface area contributed by atoms with E-state index in [1.54, 1.807) is 0 Å². The summed E-state index contributed by atoms with van der Waals surface area (Å²) in [6.07, 6.45) is 0. The molecule has 0 N–H and O–H groups in total. The second-order valence-electron chi connectivity index (χ2n) is 14.2. The Balaban J connectivity index is 1.23. The average Bonchev–Trinajstić information content (AvgIpc) is 3.95. The molecule has 0 bridgehead atoms. The first kappa shape index (κ1) is 27.5. The third-order valence-electron chi connectivity index (χ3n) is 11.6. The lowest BCUT2D eigenvalue weighted by Crippen LogP contribution is -2.06. The van der Waals surface area contributed by atoms with Gasteiger partial charge in [-0.1, -0.05) is 133 Å². The number of rotatable bonds is 2. The summed E-state index contributed by atoms with van der Waals surface area (Å²) in [6, 6.07) is 59.2. The summed E-state index contributed by atoms with van der Waals surface area (Å²) in [5, 5.41) is 24.8. The number of nitrogens with zero attached hydrogens (tertiary/aromatic N) is 5. The molecule has 0 aliphatic heterocycles. The van der Waals surface area contributed by atoms with E-state index < -0.39 is 0 Å². The molecule has 5 heteroatoms. The predicted molar refractivity (Wildman–Crippen MR) is 220 cm³/mol. The van der Waals surface area contributed by atoms with Crippen molar-refractivity contribution in [1.82, 2.24) is 23.7 Å². The highest BCUT2D eigenvalue weighted by molar-refractivity contribution is 6.36. The van der Waals surface area contributed by atoms with Gasteiger partial charge in [-0.2, -0.15) is 0 Å². The Morgan fingerprint density at radius 1 is 0.302 bits per heavy atom. The monoisotopic (exact) mass is 673 g/mol. The van der Waals surface area contributed by atoms with Crippen LogP contribution in [0, 0.1) is 0 Å². The molecule has 13 rings (SSSR count). The van der Waals surface area contributed by atoms with Crippen molar-refractivity contribution < 1.29 is 0 Å². The molecule has 0 radical (unpaired) electrons. The number of fused-ring (bicyclic) bond motifs is 16. The van der Waals surface area contributed by atoms with Crippen molar-refractivity contribution in [3.8, 4) is 11.6 Å². The van der Waals surface area contributed by atoms with Crippen molar-refractivity contribution >= 4 is 103 Å². The van der Waals surface area contributed by atoms with E-state index in [1.807, 2.05) is 0 Å². The molecule has 0 saturated carbocycles. The molecular weight excluding hydrogens is 647 g/mol. The molecule has 5 heterocycles. The fourth-order valence-corrected chi connectivity index (χ4v) is 9.53. The van der Waals surface area contributed by atoms with E-state index in [-0.39, 0.29) is 0 Å². The van der Waals surface area contributed by atoms with E-state index in [0.717, 1.165) is 44.5 Å². The second kappa shape index (κ2) is 9.75. The van der Waals surface area contributed by atoms with Crippen molar-refractivity contribution in [2.75, 3.05) is 0 Å². The smallest absolute Gasteiger partial charge is 0.168 e. The topological polar surface area (TPSA) is 40.1 Å². The normalized spacial score (nSPS) is 12.5. The van der Waals surface area contributed by atoms with Crippen molar-refractivity contribution in [2.24, 2.45) is 0 Å². The molecule has 0 amide bonds. The van der Waals surface area contributed by atoms with E-state index >= 15 is 0 Å². The van der Waals surface area contributed by atoms with E-state index in [1.165, 1.54) is 70.4 Å². The third-order valence-corrected chi connectivity index (χ3v) is 11.6. The molecule has 5 nitrogen and oxygen atoms in total.